The van der Waals surface area contributed by atoms with Crippen LogP contribution in [0.1, 0.15) is 5.56 Å². The molecule has 112 valence electrons. The fourth-order valence-corrected chi connectivity index (χ4v) is 3.87. The monoisotopic (exact) mass is 471 g/mol. The molecule has 2 rings (SSSR count). The molecule has 0 radical (unpaired) electrons. The second-order valence-electron chi connectivity index (χ2n) is 4.24. The number of sulfonamides is 1. The van der Waals surface area contributed by atoms with Crippen molar-refractivity contribution < 1.29 is 8.42 Å². The smallest absolute Gasteiger partial charge is 0.261 e. The van der Waals surface area contributed by atoms with Gasteiger partial charge in [-0.05, 0) is 58.7 Å². The largest absolute Gasteiger partial charge is 0.278 e. The van der Waals surface area contributed by atoms with Crippen molar-refractivity contribution in [3.63, 3.8) is 0 Å². The lowest BCUT2D eigenvalue weighted by atomic mass is 10.2. The van der Waals surface area contributed by atoms with Crippen LogP contribution in [0.15, 0.2) is 44.2 Å². The van der Waals surface area contributed by atoms with E-state index in [2.05, 4.69) is 36.6 Å². The van der Waals surface area contributed by atoms with E-state index in [0.717, 1.165) is 10.0 Å². The second-order valence-corrected chi connectivity index (χ2v) is 8.39. The molecule has 0 spiro atoms. The van der Waals surface area contributed by atoms with Gasteiger partial charge in [-0.3, -0.25) is 4.72 Å². The molecule has 0 saturated carbocycles. The van der Waals surface area contributed by atoms with Crippen molar-refractivity contribution in [3.05, 3.63) is 54.9 Å². The zero-order valence-electron chi connectivity index (χ0n) is 10.6. The highest BCUT2D eigenvalue weighted by Crippen LogP contribution is 2.36. The SMILES string of the molecule is Cc1cc(S(=O)(=O)Nc2ccc(Br)c(Cl)c2Cl)ccc1Br. The summed E-state index contributed by atoms with van der Waals surface area (Å²) in [6, 6.07) is 7.93. The van der Waals surface area contributed by atoms with Crippen molar-refractivity contribution in [1.29, 1.82) is 0 Å². The van der Waals surface area contributed by atoms with Crippen LogP contribution in [0, 0.1) is 6.92 Å². The Bertz CT molecular complexity index is 810. The molecule has 1 N–H and O–H groups in total. The first-order valence-corrected chi connectivity index (χ1v) is 9.47. The molecule has 0 unspecified atom stereocenters. The molecule has 8 heteroatoms. The molecule has 2 aromatic carbocycles. The summed E-state index contributed by atoms with van der Waals surface area (Å²) in [7, 11) is -3.73. The van der Waals surface area contributed by atoms with Crippen LogP contribution in [-0.4, -0.2) is 8.42 Å². The molecule has 0 aliphatic carbocycles. The molecule has 0 aromatic heterocycles. The Morgan fingerprint density at radius 1 is 1.00 bits per heavy atom. The Labute approximate surface area is 150 Å². The molecule has 0 saturated heterocycles. The molecule has 0 amide bonds. The summed E-state index contributed by atoms with van der Waals surface area (Å²) in [5.41, 5.74) is 1.04. The average Bonchev–Trinajstić information content (AvgIpc) is 2.42. The number of rotatable bonds is 3. The lowest BCUT2D eigenvalue weighted by Gasteiger charge is -2.12. The summed E-state index contributed by atoms with van der Waals surface area (Å²) in [6.45, 7) is 1.81. The summed E-state index contributed by atoms with van der Waals surface area (Å²) >= 11 is 18.6. The molecule has 0 aliphatic rings. The normalized spacial score (nSPS) is 11.5. The van der Waals surface area contributed by atoms with Gasteiger partial charge in [-0.15, -0.1) is 0 Å². The maximum Gasteiger partial charge on any atom is 0.261 e. The minimum Gasteiger partial charge on any atom is -0.278 e. The van der Waals surface area contributed by atoms with Crippen LogP contribution < -0.4 is 4.72 Å². The summed E-state index contributed by atoms with van der Waals surface area (Å²) < 4.78 is 28.6. The second kappa shape index (κ2) is 6.46. The van der Waals surface area contributed by atoms with Crippen molar-refractivity contribution in [3.8, 4) is 0 Å². The summed E-state index contributed by atoms with van der Waals surface area (Å²) in [5.74, 6) is 0. The van der Waals surface area contributed by atoms with Gasteiger partial charge < -0.3 is 0 Å². The van der Waals surface area contributed by atoms with Crippen molar-refractivity contribution >= 4 is 70.8 Å². The Kier molecular flexibility index (Phi) is 5.26. The van der Waals surface area contributed by atoms with Crippen LogP contribution in [0.4, 0.5) is 5.69 Å². The Balaban J connectivity index is 2.42. The quantitative estimate of drug-likeness (QED) is 0.587. The van der Waals surface area contributed by atoms with Gasteiger partial charge in [0.25, 0.3) is 10.0 Å². The number of hydrogen-bond donors (Lipinski definition) is 1. The Hall–Kier alpha value is -0.270. The maximum atomic E-state index is 12.4. The summed E-state index contributed by atoms with van der Waals surface area (Å²) in [5, 5.41) is 0.396. The molecule has 2 aromatic rings. The lowest BCUT2D eigenvalue weighted by Crippen LogP contribution is -2.13. The number of halogens is 4. The van der Waals surface area contributed by atoms with E-state index in [1.807, 2.05) is 6.92 Å². The van der Waals surface area contributed by atoms with Gasteiger partial charge in [0.1, 0.15) is 0 Å². The van der Waals surface area contributed by atoms with E-state index in [9.17, 15) is 8.42 Å². The summed E-state index contributed by atoms with van der Waals surface area (Å²) in [4.78, 5) is 0.151. The molecular formula is C13H9Br2Cl2NO2S. The minimum absolute atomic E-state index is 0.142. The van der Waals surface area contributed by atoms with Crippen LogP contribution in [0.5, 0.6) is 0 Å². The highest BCUT2D eigenvalue weighted by molar-refractivity contribution is 9.10. The van der Waals surface area contributed by atoms with Gasteiger partial charge in [-0.25, -0.2) is 8.42 Å². The van der Waals surface area contributed by atoms with Crippen LogP contribution in [0.2, 0.25) is 10.0 Å². The third-order valence-corrected chi connectivity index (χ3v) is 6.74. The third kappa shape index (κ3) is 3.74. The van der Waals surface area contributed by atoms with Gasteiger partial charge in [0.15, 0.2) is 0 Å². The predicted molar refractivity (Wildman–Crippen MR) is 93.8 cm³/mol. The molecule has 0 fully saturated rings. The molecule has 0 atom stereocenters. The number of benzene rings is 2. The van der Waals surface area contributed by atoms with E-state index in [1.54, 1.807) is 24.3 Å². The summed E-state index contributed by atoms with van der Waals surface area (Å²) in [6.07, 6.45) is 0. The fraction of sp³-hybridized carbons (Fsp3) is 0.0769. The van der Waals surface area contributed by atoms with Gasteiger partial charge in [-0.2, -0.15) is 0 Å². The number of aryl methyl sites for hydroxylation is 1. The van der Waals surface area contributed by atoms with E-state index in [-0.39, 0.29) is 20.6 Å². The fourth-order valence-electron chi connectivity index (χ4n) is 1.59. The Morgan fingerprint density at radius 2 is 1.62 bits per heavy atom. The Morgan fingerprint density at radius 3 is 2.24 bits per heavy atom. The number of hydrogen-bond acceptors (Lipinski definition) is 2. The standard InChI is InChI=1S/C13H9Br2Cl2NO2S/c1-7-6-8(2-3-9(7)14)21(19,20)18-11-5-4-10(15)12(16)13(11)17/h2-6,18H,1H3. The van der Waals surface area contributed by atoms with Gasteiger partial charge in [0.2, 0.25) is 0 Å². The van der Waals surface area contributed by atoms with E-state index in [1.165, 1.54) is 6.07 Å². The van der Waals surface area contributed by atoms with E-state index in [4.69, 9.17) is 23.2 Å². The predicted octanol–water partition coefficient (Wildman–Crippen LogP) is 5.63. The van der Waals surface area contributed by atoms with Crippen LogP contribution in [0.3, 0.4) is 0 Å². The highest BCUT2D eigenvalue weighted by atomic mass is 79.9. The average molecular weight is 474 g/mol. The van der Waals surface area contributed by atoms with Crippen molar-refractivity contribution in [2.75, 3.05) is 4.72 Å². The van der Waals surface area contributed by atoms with E-state index < -0.39 is 10.0 Å². The van der Waals surface area contributed by atoms with E-state index in [0.29, 0.717) is 4.47 Å². The molecule has 21 heavy (non-hydrogen) atoms. The van der Waals surface area contributed by atoms with Gasteiger partial charge in [0.05, 0.1) is 20.6 Å². The van der Waals surface area contributed by atoms with Crippen molar-refractivity contribution in [1.82, 2.24) is 0 Å². The number of anilines is 1. The van der Waals surface area contributed by atoms with Gasteiger partial charge in [-0.1, -0.05) is 39.1 Å². The first-order valence-electron chi connectivity index (χ1n) is 5.65. The maximum absolute atomic E-state index is 12.4. The zero-order valence-corrected chi connectivity index (χ0v) is 16.1. The van der Waals surface area contributed by atoms with Crippen LogP contribution >= 0.6 is 55.1 Å². The third-order valence-electron chi connectivity index (χ3n) is 2.72. The van der Waals surface area contributed by atoms with Crippen LogP contribution in [-0.2, 0) is 10.0 Å². The first-order chi connectivity index (χ1) is 9.72. The van der Waals surface area contributed by atoms with Crippen molar-refractivity contribution in [2.45, 2.75) is 11.8 Å². The van der Waals surface area contributed by atoms with Crippen molar-refractivity contribution in [2.24, 2.45) is 0 Å². The molecule has 0 bridgehead atoms. The first kappa shape index (κ1) is 17.1. The minimum atomic E-state index is -3.73. The molecular weight excluding hydrogens is 465 g/mol. The van der Waals surface area contributed by atoms with E-state index >= 15 is 0 Å². The lowest BCUT2D eigenvalue weighted by molar-refractivity contribution is 0.601. The molecule has 0 aliphatic heterocycles. The van der Waals surface area contributed by atoms with Gasteiger partial charge in [0, 0.05) is 8.95 Å². The molecule has 3 nitrogen and oxygen atoms in total. The van der Waals surface area contributed by atoms with Crippen LogP contribution in [0.25, 0.3) is 0 Å². The molecule has 0 heterocycles. The number of nitrogens with one attached hydrogen (secondary N) is 1. The topological polar surface area (TPSA) is 46.2 Å². The van der Waals surface area contributed by atoms with Gasteiger partial charge >= 0.3 is 0 Å². The zero-order chi connectivity index (χ0) is 15.8. The highest BCUT2D eigenvalue weighted by Gasteiger charge is 2.18.